The number of nitrogens with zero attached hydrogens (tertiary/aromatic N) is 1. The monoisotopic (exact) mass is 341 g/mol. The van der Waals surface area contributed by atoms with Gasteiger partial charge >= 0.3 is 11.9 Å². The van der Waals surface area contributed by atoms with Gasteiger partial charge in [-0.2, -0.15) is 0 Å². The van der Waals surface area contributed by atoms with Crippen molar-refractivity contribution in [3.63, 3.8) is 0 Å². The molecule has 2 rings (SSSR count). The van der Waals surface area contributed by atoms with Crippen LogP contribution in [-0.2, 0) is 14.4 Å². The summed E-state index contributed by atoms with van der Waals surface area (Å²) < 4.78 is 5.33. The fourth-order valence-corrected chi connectivity index (χ4v) is 3.20. The van der Waals surface area contributed by atoms with Crippen LogP contribution in [0.5, 0.6) is 0 Å². The van der Waals surface area contributed by atoms with Crippen molar-refractivity contribution in [3.05, 3.63) is 28.6 Å². The Morgan fingerprint density at radius 3 is 2.64 bits per heavy atom. The minimum atomic E-state index is -1.53. The first-order valence-electron chi connectivity index (χ1n) is 6.07. The maximum Gasteiger partial charge on any atom is 0.327 e. The summed E-state index contributed by atoms with van der Waals surface area (Å²) in [6, 6.07) is 1.85. The number of rotatable bonds is 5. The van der Waals surface area contributed by atoms with E-state index in [4.69, 9.17) is 26.8 Å². The molecule has 0 bridgehead atoms. The summed E-state index contributed by atoms with van der Waals surface area (Å²) in [6.45, 7) is 1.75. The average molecular weight is 341 g/mol. The number of hydrogen-bond donors (Lipinski definition) is 2. The molecule has 1 aromatic rings. The normalized spacial score (nSPS) is 18.0. The van der Waals surface area contributed by atoms with E-state index in [-0.39, 0.29) is 9.23 Å². The molecule has 116 valence electrons. The van der Waals surface area contributed by atoms with Gasteiger partial charge < -0.3 is 14.6 Å². The molecule has 7 nitrogen and oxygen atoms in total. The second kappa shape index (κ2) is 6.32. The fraction of sp³-hybridized carbons (Fsp3) is 0.231. The Balaban J connectivity index is 2.29. The number of aryl methyl sites for hydroxylation is 1. The van der Waals surface area contributed by atoms with Gasteiger partial charge in [0.2, 0.25) is 0 Å². The van der Waals surface area contributed by atoms with E-state index < -0.39 is 30.3 Å². The van der Waals surface area contributed by atoms with E-state index >= 15 is 0 Å². The Morgan fingerprint density at radius 2 is 2.14 bits per heavy atom. The highest BCUT2D eigenvalue weighted by Gasteiger charge is 2.41. The van der Waals surface area contributed by atoms with E-state index in [1.165, 1.54) is 6.08 Å². The number of carbonyl (C=O) groups is 3. The highest BCUT2D eigenvalue weighted by molar-refractivity contribution is 8.26. The van der Waals surface area contributed by atoms with Gasteiger partial charge in [-0.05, 0) is 19.1 Å². The van der Waals surface area contributed by atoms with Crippen LogP contribution in [0.25, 0.3) is 6.08 Å². The van der Waals surface area contributed by atoms with E-state index in [9.17, 15) is 14.4 Å². The Hall–Kier alpha value is -2.13. The largest absolute Gasteiger partial charge is 0.481 e. The molecule has 1 aliphatic rings. The molecule has 9 heteroatoms. The topological polar surface area (TPSA) is 108 Å². The zero-order valence-electron chi connectivity index (χ0n) is 11.3. The SMILES string of the molecule is Cc1ccc(/C=C2\SC(=S)N([C@@H](CC(=O)O)C(=O)O)C2=O)o1. The highest BCUT2D eigenvalue weighted by Crippen LogP contribution is 2.34. The van der Waals surface area contributed by atoms with Crippen molar-refractivity contribution >= 4 is 52.2 Å². The van der Waals surface area contributed by atoms with Gasteiger partial charge in [0.05, 0.1) is 11.3 Å². The van der Waals surface area contributed by atoms with Gasteiger partial charge in [-0.15, -0.1) is 0 Å². The molecule has 1 amide bonds. The highest BCUT2D eigenvalue weighted by atomic mass is 32.2. The molecule has 0 saturated carbocycles. The second-order valence-electron chi connectivity index (χ2n) is 4.45. The second-order valence-corrected chi connectivity index (χ2v) is 6.13. The van der Waals surface area contributed by atoms with Gasteiger partial charge in [0.25, 0.3) is 5.91 Å². The molecule has 1 aromatic heterocycles. The van der Waals surface area contributed by atoms with Gasteiger partial charge in [-0.1, -0.05) is 24.0 Å². The van der Waals surface area contributed by atoms with Crippen LogP contribution >= 0.6 is 24.0 Å². The average Bonchev–Trinajstić information content (AvgIpc) is 2.92. The molecule has 1 atom stereocenters. The molecule has 0 spiro atoms. The molecule has 22 heavy (non-hydrogen) atoms. The van der Waals surface area contributed by atoms with Crippen LogP contribution in [0.3, 0.4) is 0 Å². The molecular formula is C13H11NO6S2. The number of carbonyl (C=O) groups excluding carboxylic acids is 1. The number of hydrogen-bond acceptors (Lipinski definition) is 6. The van der Waals surface area contributed by atoms with Crippen LogP contribution in [0.2, 0.25) is 0 Å². The first kappa shape index (κ1) is 16.2. The van der Waals surface area contributed by atoms with Crippen LogP contribution in [0.15, 0.2) is 21.5 Å². The quantitative estimate of drug-likeness (QED) is 0.615. The summed E-state index contributed by atoms with van der Waals surface area (Å²) in [5.74, 6) is -2.29. The molecule has 1 fully saturated rings. The summed E-state index contributed by atoms with van der Waals surface area (Å²) in [4.78, 5) is 35.3. The van der Waals surface area contributed by atoms with E-state index in [2.05, 4.69) is 0 Å². The number of thiocarbonyl (C=S) groups is 1. The van der Waals surface area contributed by atoms with Gasteiger partial charge in [0.1, 0.15) is 21.9 Å². The van der Waals surface area contributed by atoms with Gasteiger partial charge in [0.15, 0.2) is 0 Å². The minimum Gasteiger partial charge on any atom is -0.481 e. The Labute approximate surface area is 134 Å². The lowest BCUT2D eigenvalue weighted by Crippen LogP contribution is -2.45. The third-order valence-corrected chi connectivity index (χ3v) is 4.15. The molecular weight excluding hydrogens is 330 g/mol. The number of aliphatic carboxylic acids is 2. The van der Waals surface area contributed by atoms with Crippen molar-refractivity contribution in [3.8, 4) is 0 Å². The summed E-state index contributed by atoms with van der Waals surface area (Å²) in [5, 5.41) is 17.9. The molecule has 1 aliphatic heterocycles. The molecule has 0 aromatic carbocycles. The Morgan fingerprint density at radius 1 is 1.45 bits per heavy atom. The standard InChI is InChI=1S/C13H11NO6S2/c1-6-2-3-7(20-6)4-9-11(17)14(13(21)22-9)8(12(18)19)5-10(15)16/h2-4,8H,5H2,1H3,(H,15,16)(H,18,19)/b9-4-/t8-/m0/s1. The first-order chi connectivity index (χ1) is 10.3. The zero-order valence-corrected chi connectivity index (χ0v) is 12.9. The van der Waals surface area contributed by atoms with Gasteiger partial charge in [-0.3, -0.25) is 14.5 Å². The number of carboxylic acids is 2. The number of carboxylic acid groups (broad SMARTS) is 2. The minimum absolute atomic E-state index is 0.00757. The van der Waals surface area contributed by atoms with Crippen molar-refractivity contribution in [2.24, 2.45) is 0 Å². The zero-order chi connectivity index (χ0) is 16.4. The van der Waals surface area contributed by atoms with Crippen molar-refractivity contribution in [1.29, 1.82) is 0 Å². The van der Waals surface area contributed by atoms with Crippen molar-refractivity contribution in [2.45, 2.75) is 19.4 Å². The molecule has 2 N–H and O–H groups in total. The smallest absolute Gasteiger partial charge is 0.327 e. The lowest BCUT2D eigenvalue weighted by Gasteiger charge is -2.21. The van der Waals surface area contributed by atoms with Crippen molar-refractivity contribution in [1.82, 2.24) is 4.90 Å². The lowest BCUT2D eigenvalue weighted by atomic mass is 10.2. The van der Waals surface area contributed by atoms with E-state index in [0.717, 1.165) is 16.7 Å². The summed E-state index contributed by atoms with van der Waals surface area (Å²) in [7, 11) is 0. The number of furan rings is 1. The molecule has 0 aliphatic carbocycles. The van der Waals surface area contributed by atoms with Crippen molar-refractivity contribution < 1.29 is 29.0 Å². The fourth-order valence-electron chi connectivity index (χ4n) is 1.86. The van der Waals surface area contributed by atoms with E-state index in [1.807, 2.05) is 0 Å². The van der Waals surface area contributed by atoms with Crippen LogP contribution in [0, 0.1) is 6.92 Å². The number of thioether (sulfide) groups is 1. The third kappa shape index (κ3) is 3.37. The van der Waals surface area contributed by atoms with E-state index in [0.29, 0.717) is 11.5 Å². The number of amides is 1. The molecule has 0 radical (unpaired) electrons. The van der Waals surface area contributed by atoms with E-state index in [1.54, 1.807) is 19.1 Å². The van der Waals surface area contributed by atoms with Crippen LogP contribution in [0.4, 0.5) is 0 Å². The Bertz CT molecular complexity index is 692. The summed E-state index contributed by atoms with van der Waals surface area (Å²) >= 11 is 5.92. The van der Waals surface area contributed by atoms with Crippen LogP contribution < -0.4 is 0 Å². The van der Waals surface area contributed by atoms with Gasteiger partial charge in [-0.25, -0.2) is 4.79 Å². The third-order valence-electron chi connectivity index (χ3n) is 2.82. The predicted molar refractivity (Wildman–Crippen MR) is 82.1 cm³/mol. The maximum absolute atomic E-state index is 12.3. The Kier molecular flexibility index (Phi) is 4.67. The van der Waals surface area contributed by atoms with Crippen LogP contribution in [-0.4, -0.2) is 43.3 Å². The maximum atomic E-state index is 12.3. The van der Waals surface area contributed by atoms with Gasteiger partial charge in [0, 0.05) is 6.08 Å². The predicted octanol–water partition coefficient (Wildman–Crippen LogP) is 1.72. The first-order valence-corrected chi connectivity index (χ1v) is 7.30. The molecule has 0 unspecified atom stereocenters. The van der Waals surface area contributed by atoms with Crippen molar-refractivity contribution in [2.75, 3.05) is 0 Å². The molecule has 2 heterocycles. The molecule has 1 saturated heterocycles. The summed E-state index contributed by atoms with van der Waals surface area (Å²) in [6.07, 6.45) is 0.723. The summed E-state index contributed by atoms with van der Waals surface area (Å²) in [5.41, 5.74) is 0. The van der Waals surface area contributed by atoms with Crippen LogP contribution in [0.1, 0.15) is 17.9 Å². The lowest BCUT2D eigenvalue weighted by molar-refractivity contribution is -0.150.